The Morgan fingerprint density at radius 1 is 0.356 bits per heavy atom. The lowest BCUT2D eigenvalue weighted by molar-refractivity contribution is 1.15. The van der Waals surface area contributed by atoms with Gasteiger partial charge in [0.1, 0.15) is 24.3 Å². The third kappa shape index (κ3) is 4.65. The van der Waals surface area contributed by atoms with Gasteiger partial charge in [-0.05, 0) is 72.3 Å². The van der Waals surface area contributed by atoms with Gasteiger partial charge in [-0.1, -0.05) is 97.1 Å². The van der Waals surface area contributed by atoms with Crippen LogP contribution in [-0.2, 0) is 0 Å². The van der Waals surface area contributed by atoms with Gasteiger partial charge in [-0.25, -0.2) is 0 Å². The molecule has 0 aliphatic rings. The molecule has 0 bridgehead atoms. The van der Waals surface area contributed by atoms with Crippen molar-refractivity contribution in [1.29, 1.82) is 21.0 Å². The average molecular weight is 750 g/mol. The second kappa shape index (κ2) is 12.8. The summed E-state index contributed by atoms with van der Waals surface area (Å²) in [7, 11) is 0. The molecule has 7 nitrogen and oxygen atoms in total. The van der Waals surface area contributed by atoms with Crippen LogP contribution in [0.25, 0.3) is 93.6 Å². The molecule has 3 heterocycles. The average Bonchev–Trinajstić information content (AvgIpc) is 3.94. The molecule has 0 saturated carbocycles. The molecule has 8 aromatic carbocycles. The Balaban J connectivity index is 1.17. The van der Waals surface area contributed by atoms with Gasteiger partial charge in [0, 0.05) is 43.6 Å². The second-order valence-electron chi connectivity index (χ2n) is 14.5. The van der Waals surface area contributed by atoms with E-state index in [1.54, 1.807) is 12.1 Å². The van der Waals surface area contributed by atoms with Gasteiger partial charge >= 0.3 is 0 Å². The molecule has 0 radical (unpaired) electrons. The van der Waals surface area contributed by atoms with Crippen molar-refractivity contribution in [2.45, 2.75) is 0 Å². The summed E-state index contributed by atoms with van der Waals surface area (Å²) in [5.74, 6) is 0. The molecule has 7 heteroatoms. The number of nitriles is 4. The summed E-state index contributed by atoms with van der Waals surface area (Å²) in [5, 5.41) is 49.6. The summed E-state index contributed by atoms with van der Waals surface area (Å²) < 4.78 is 6.31. The zero-order chi connectivity index (χ0) is 39.8. The van der Waals surface area contributed by atoms with Crippen molar-refractivity contribution in [2.24, 2.45) is 0 Å². The van der Waals surface area contributed by atoms with Crippen molar-refractivity contribution in [2.75, 3.05) is 0 Å². The molecule has 11 aromatic rings. The van der Waals surface area contributed by atoms with Crippen molar-refractivity contribution < 1.29 is 0 Å². The molecule has 59 heavy (non-hydrogen) atoms. The summed E-state index contributed by atoms with van der Waals surface area (Å²) in [6, 6.07) is 63.6. The van der Waals surface area contributed by atoms with E-state index in [0.29, 0.717) is 28.1 Å². The number of hydrogen-bond donors (Lipinski definition) is 0. The van der Waals surface area contributed by atoms with Crippen LogP contribution in [0, 0.1) is 45.3 Å². The van der Waals surface area contributed by atoms with E-state index in [9.17, 15) is 21.0 Å². The fourth-order valence-electron chi connectivity index (χ4n) is 9.23. The van der Waals surface area contributed by atoms with Gasteiger partial charge in [0.15, 0.2) is 0 Å². The Kier molecular flexibility index (Phi) is 7.28. The zero-order valence-corrected chi connectivity index (χ0v) is 31.2. The highest BCUT2D eigenvalue weighted by molar-refractivity contribution is 6.29. The molecule has 3 aromatic heterocycles. The summed E-state index contributed by atoms with van der Waals surface area (Å²) in [6.07, 6.45) is 0. The molecule has 0 aliphatic heterocycles. The van der Waals surface area contributed by atoms with Crippen molar-refractivity contribution in [3.8, 4) is 52.5 Å². The fraction of sp³-hybridized carbons (Fsp3) is 0. The van der Waals surface area contributed by atoms with Gasteiger partial charge in [-0.3, -0.25) is 0 Å². The van der Waals surface area contributed by atoms with Gasteiger partial charge in [0.2, 0.25) is 0 Å². The van der Waals surface area contributed by atoms with Gasteiger partial charge in [-0.15, -0.1) is 0 Å². The predicted octanol–water partition coefficient (Wildman–Crippen LogP) is 12.1. The molecule has 0 spiro atoms. The highest BCUT2D eigenvalue weighted by Gasteiger charge is 2.27. The first-order valence-corrected chi connectivity index (χ1v) is 19.1. The van der Waals surface area contributed by atoms with Crippen LogP contribution < -0.4 is 0 Å². The van der Waals surface area contributed by atoms with Crippen LogP contribution in [0.2, 0.25) is 0 Å². The minimum atomic E-state index is 0.0843. The number of fused-ring (bicyclic) bond motifs is 10. The lowest BCUT2D eigenvalue weighted by atomic mass is 9.91. The monoisotopic (exact) mass is 749 g/mol. The molecule has 0 amide bonds. The van der Waals surface area contributed by atoms with Crippen LogP contribution >= 0.6 is 0 Å². The van der Waals surface area contributed by atoms with Crippen molar-refractivity contribution in [3.63, 3.8) is 0 Å². The molecule has 0 aliphatic carbocycles. The van der Waals surface area contributed by atoms with E-state index in [4.69, 9.17) is 0 Å². The minimum absolute atomic E-state index is 0.0843. The molecule has 0 N–H and O–H groups in total. The number of hydrogen-bond acceptors (Lipinski definition) is 4. The lowest BCUT2D eigenvalue weighted by Crippen LogP contribution is -2.05. The topological polar surface area (TPSA) is 110 Å². The van der Waals surface area contributed by atoms with Crippen LogP contribution in [0.15, 0.2) is 164 Å². The molecular formula is C52H27N7. The number of para-hydroxylation sites is 5. The van der Waals surface area contributed by atoms with E-state index < -0.39 is 0 Å². The van der Waals surface area contributed by atoms with Crippen molar-refractivity contribution in [3.05, 3.63) is 186 Å². The maximum atomic E-state index is 11.0. The summed E-state index contributed by atoms with van der Waals surface area (Å²) in [4.78, 5) is 0. The van der Waals surface area contributed by atoms with Gasteiger partial charge in [0.05, 0.1) is 66.7 Å². The Labute approximate surface area is 337 Å². The molecule has 0 fully saturated rings. The van der Waals surface area contributed by atoms with Crippen LogP contribution in [0.4, 0.5) is 0 Å². The second-order valence-corrected chi connectivity index (χ2v) is 14.5. The third-order valence-electron chi connectivity index (χ3n) is 11.6. The normalized spacial score (nSPS) is 11.3. The minimum Gasteiger partial charge on any atom is -0.309 e. The summed E-state index contributed by atoms with van der Waals surface area (Å²) in [5.41, 5.74) is 9.49. The van der Waals surface area contributed by atoms with Crippen LogP contribution in [0.3, 0.4) is 0 Å². The molecular weight excluding hydrogens is 723 g/mol. The van der Waals surface area contributed by atoms with Crippen LogP contribution in [0.5, 0.6) is 0 Å². The Bertz CT molecular complexity index is 3720. The highest BCUT2D eigenvalue weighted by atomic mass is 15.0. The Morgan fingerprint density at radius 3 is 1.41 bits per heavy atom. The quantitative estimate of drug-likeness (QED) is 0.178. The molecule has 0 atom stereocenters. The smallest absolute Gasteiger partial charge is 0.103 e. The summed E-state index contributed by atoms with van der Waals surface area (Å²) >= 11 is 0. The van der Waals surface area contributed by atoms with Gasteiger partial charge in [0.25, 0.3) is 0 Å². The van der Waals surface area contributed by atoms with Crippen LogP contribution in [0.1, 0.15) is 22.3 Å². The molecule has 270 valence electrons. The fourth-order valence-corrected chi connectivity index (χ4v) is 9.23. The Morgan fingerprint density at radius 2 is 0.847 bits per heavy atom. The van der Waals surface area contributed by atoms with E-state index >= 15 is 0 Å². The first kappa shape index (κ1) is 33.5. The SMILES string of the molecule is N#Cc1cc(-c2cc(C#N)c(-n3c4ccccc4c4c5c6ccccc6n(-c6ccccc6)c5ccc43)c(C#N)c2C#N)ccc1-n1c2ccccc2c2ccccc21. The molecule has 0 saturated heterocycles. The van der Waals surface area contributed by atoms with Gasteiger partial charge in [-0.2, -0.15) is 21.0 Å². The first-order valence-electron chi connectivity index (χ1n) is 19.1. The largest absolute Gasteiger partial charge is 0.309 e. The van der Waals surface area contributed by atoms with E-state index in [2.05, 4.69) is 81.9 Å². The van der Waals surface area contributed by atoms with E-state index in [-0.39, 0.29) is 16.7 Å². The summed E-state index contributed by atoms with van der Waals surface area (Å²) in [6.45, 7) is 0. The van der Waals surface area contributed by atoms with E-state index in [1.165, 1.54) is 0 Å². The maximum absolute atomic E-state index is 11.0. The third-order valence-corrected chi connectivity index (χ3v) is 11.6. The van der Waals surface area contributed by atoms with E-state index in [1.807, 2.05) is 108 Å². The molecule has 0 unspecified atom stereocenters. The first-order chi connectivity index (χ1) is 29.1. The zero-order valence-electron chi connectivity index (χ0n) is 31.2. The van der Waals surface area contributed by atoms with E-state index in [0.717, 1.165) is 71.1 Å². The predicted molar refractivity (Wildman–Crippen MR) is 234 cm³/mol. The van der Waals surface area contributed by atoms with Gasteiger partial charge < -0.3 is 13.7 Å². The van der Waals surface area contributed by atoms with Crippen molar-refractivity contribution >= 4 is 65.4 Å². The standard InChI is InChI=1S/C52H27N7/c53-28-33-26-32(22-23-43(33)58-44-18-8-4-14-36(44)37-15-5-9-19-45(37)58)40-27-34(29-54)52(42(31-56)41(40)30-55)59-47-21-11-7-17-39(47)51-49(59)25-24-48-50(51)38-16-6-10-20-46(38)57(48)35-12-2-1-3-13-35/h1-27H. The van der Waals surface area contributed by atoms with Crippen LogP contribution in [-0.4, -0.2) is 13.7 Å². The number of rotatable bonds is 4. The lowest BCUT2D eigenvalue weighted by Gasteiger charge is -2.17. The number of nitrogens with zero attached hydrogens (tertiary/aromatic N) is 7. The van der Waals surface area contributed by atoms with Crippen molar-refractivity contribution in [1.82, 2.24) is 13.7 Å². The molecule has 11 rings (SSSR count). The maximum Gasteiger partial charge on any atom is 0.103 e. The number of aromatic nitrogens is 3. The number of benzene rings is 8. The Hall–Kier alpha value is -8.88. The highest BCUT2D eigenvalue weighted by Crippen LogP contribution is 2.44.